The lowest BCUT2D eigenvalue weighted by Gasteiger charge is -2.34. The molecule has 5 N–H and O–H groups in total. The number of benzene rings is 1. The average Bonchev–Trinajstić information content (AvgIpc) is 4.02. The summed E-state index contributed by atoms with van der Waals surface area (Å²) in [7, 11) is 0. The summed E-state index contributed by atoms with van der Waals surface area (Å²) in [6, 6.07) is 8.15. The van der Waals surface area contributed by atoms with E-state index in [-0.39, 0.29) is 48.3 Å². The third kappa shape index (κ3) is 9.65. The Balaban J connectivity index is 1.20. The van der Waals surface area contributed by atoms with E-state index in [9.17, 15) is 24.0 Å². The maximum Gasteiger partial charge on any atom is 0.276 e. The first kappa shape index (κ1) is 43.9. The number of amides is 4. The Morgan fingerprint density at radius 2 is 1.43 bits per heavy atom. The fraction of sp³-hybridized carbons (Fsp3) is 0.395. The van der Waals surface area contributed by atoms with Gasteiger partial charge in [-0.3, -0.25) is 48.1 Å². The van der Waals surface area contributed by atoms with Crippen molar-refractivity contribution in [1.82, 2.24) is 53.4 Å². The number of hydrogen-bond donors (Lipinski definition) is 3. The SMILES string of the molecule is CCn1nc(C)cc1C(=O)Cc1nc2cc(C(N)=O)cc(OCCCN3CCN(C(C)=O)CC3)c2n1C/C=C/Cn1c(NC(=O)c2cc(C)nn2CC)nc2cc(C(N)=O)cnc21. The lowest BCUT2D eigenvalue weighted by Crippen LogP contribution is -2.48. The van der Waals surface area contributed by atoms with Crippen LogP contribution in [0.1, 0.15) is 86.1 Å². The molecular weight excluding hydrogens is 809 g/mol. The molecule has 7 rings (SSSR count). The number of nitrogens with one attached hydrogen (secondary N) is 1. The smallest absolute Gasteiger partial charge is 0.276 e. The Morgan fingerprint density at radius 1 is 0.794 bits per heavy atom. The molecule has 6 aromatic rings. The van der Waals surface area contributed by atoms with E-state index >= 15 is 0 Å². The zero-order valence-electron chi connectivity index (χ0n) is 36.1. The Labute approximate surface area is 362 Å². The average molecular weight is 861 g/mol. The number of nitrogens with zero attached hydrogens (tertiary/aromatic N) is 11. The van der Waals surface area contributed by atoms with Crippen LogP contribution in [0.2, 0.25) is 0 Å². The minimum Gasteiger partial charge on any atom is -0.491 e. The molecule has 20 nitrogen and oxygen atoms in total. The Bertz CT molecular complexity index is 2750. The Morgan fingerprint density at radius 3 is 2.08 bits per heavy atom. The summed E-state index contributed by atoms with van der Waals surface area (Å²) in [5.41, 5.74) is 15.7. The van der Waals surface area contributed by atoms with Gasteiger partial charge in [0, 0.05) is 77.6 Å². The maximum absolute atomic E-state index is 13.9. The van der Waals surface area contributed by atoms with Crippen molar-refractivity contribution in [2.24, 2.45) is 11.5 Å². The minimum absolute atomic E-state index is 0.0720. The number of aromatic nitrogens is 9. The topological polar surface area (TPSA) is 249 Å². The quantitative estimate of drug-likeness (QED) is 0.0642. The van der Waals surface area contributed by atoms with E-state index in [0.29, 0.717) is 95.8 Å². The van der Waals surface area contributed by atoms with Crippen molar-refractivity contribution < 1.29 is 28.7 Å². The van der Waals surface area contributed by atoms with Crippen molar-refractivity contribution in [2.75, 3.05) is 44.6 Å². The van der Waals surface area contributed by atoms with Gasteiger partial charge < -0.3 is 25.7 Å². The molecule has 0 spiro atoms. The van der Waals surface area contributed by atoms with Gasteiger partial charge in [0.2, 0.25) is 23.7 Å². The molecule has 1 saturated heterocycles. The van der Waals surface area contributed by atoms with Gasteiger partial charge in [-0.1, -0.05) is 12.2 Å². The monoisotopic (exact) mass is 860 g/mol. The van der Waals surface area contributed by atoms with Crippen molar-refractivity contribution in [3.63, 3.8) is 0 Å². The molecule has 0 atom stereocenters. The molecule has 0 bridgehead atoms. The van der Waals surface area contributed by atoms with Crippen LogP contribution in [0.3, 0.4) is 0 Å². The van der Waals surface area contributed by atoms with Crippen LogP contribution in [0.4, 0.5) is 5.95 Å². The first-order chi connectivity index (χ1) is 30.2. The van der Waals surface area contributed by atoms with Crippen LogP contribution >= 0.6 is 0 Å². The molecule has 0 aliphatic carbocycles. The third-order valence-corrected chi connectivity index (χ3v) is 10.9. The number of imidazole rings is 2. The number of allylic oxidation sites excluding steroid dienone is 2. The van der Waals surface area contributed by atoms with Crippen LogP contribution in [0.5, 0.6) is 5.75 Å². The van der Waals surface area contributed by atoms with Gasteiger partial charge in [-0.2, -0.15) is 10.2 Å². The largest absolute Gasteiger partial charge is 0.491 e. The van der Waals surface area contributed by atoms with Crippen LogP contribution in [-0.2, 0) is 37.4 Å². The van der Waals surface area contributed by atoms with Crippen LogP contribution < -0.4 is 21.5 Å². The molecule has 1 aromatic carbocycles. The van der Waals surface area contributed by atoms with Gasteiger partial charge in [0.15, 0.2) is 11.4 Å². The second-order valence-electron chi connectivity index (χ2n) is 15.4. The maximum atomic E-state index is 13.9. The van der Waals surface area contributed by atoms with Crippen molar-refractivity contribution in [1.29, 1.82) is 0 Å². The van der Waals surface area contributed by atoms with Gasteiger partial charge in [-0.05, 0) is 64.4 Å². The van der Waals surface area contributed by atoms with Gasteiger partial charge >= 0.3 is 0 Å². The summed E-state index contributed by atoms with van der Waals surface area (Å²) in [6.45, 7) is 14.4. The number of pyridine rings is 1. The van der Waals surface area contributed by atoms with Crippen LogP contribution in [0, 0.1) is 13.8 Å². The fourth-order valence-electron chi connectivity index (χ4n) is 7.77. The number of primary amides is 2. The number of carbonyl (C=O) groups is 5. The molecule has 4 amide bonds. The number of carbonyl (C=O) groups excluding carboxylic acids is 5. The zero-order valence-corrected chi connectivity index (χ0v) is 36.1. The molecule has 0 unspecified atom stereocenters. The van der Waals surface area contributed by atoms with E-state index in [1.165, 1.54) is 12.3 Å². The van der Waals surface area contributed by atoms with Gasteiger partial charge in [-0.15, -0.1) is 0 Å². The van der Waals surface area contributed by atoms with Crippen molar-refractivity contribution >= 4 is 57.6 Å². The lowest BCUT2D eigenvalue weighted by molar-refractivity contribution is -0.130. The van der Waals surface area contributed by atoms with Crippen LogP contribution in [-0.4, -0.2) is 122 Å². The highest BCUT2D eigenvalue weighted by Crippen LogP contribution is 2.30. The lowest BCUT2D eigenvalue weighted by atomic mass is 10.1. The van der Waals surface area contributed by atoms with E-state index in [1.807, 2.05) is 42.4 Å². The number of ketones is 1. The molecule has 0 saturated carbocycles. The summed E-state index contributed by atoms with van der Waals surface area (Å²) < 4.78 is 13.2. The highest BCUT2D eigenvalue weighted by Gasteiger charge is 2.24. The normalized spacial score (nSPS) is 13.4. The molecule has 20 heteroatoms. The second kappa shape index (κ2) is 18.8. The standard InChI is InChI=1S/C43H52N14O6/c1-6-56-33(19-26(3)50-56)35(59)24-37-47-31-21-29(39(44)60)23-36(63-18-10-11-52-14-16-53(17-15-52)28(5)58)38(31)54(37)12-8-9-13-55-41-32(22-30(25-46-41)40(45)61)48-43(55)49-42(62)34-20-27(4)51-57(34)7-2/h8-9,19-23,25H,6-7,10-18,24H2,1-5H3,(H2,44,60)(H2,45,61)(H,48,49,62)/b9-8+. The summed E-state index contributed by atoms with van der Waals surface area (Å²) in [4.78, 5) is 82.0. The molecule has 1 aliphatic heterocycles. The zero-order chi connectivity index (χ0) is 44.9. The number of piperazine rings is 1. The molecule has 1 fully saturated rings. The molecule has 330 valence electrons. The molecule has 1 aliphatic rings. The third-order valence-electron chi connectivity index (χ3n) is 10.9. The molecule has 0 radical (unpaired) electrons. The summed E-state index contributed by atoms with van der Waals surface area (Å²) in [5, 5.41) is 11.7. The second-order valence-corrected chi connectivity index (χ2v) is 15.4. The van der Waals surface area contributed by atoms with Gasteiger partial charge in [0.1, 0.15) is 34.0 Å². The number of fused-ring (bicyclic) bond motifs is 2. The molecule has 6 heterocycles. The number of nitrogens with two attached hydrogens (primary N) is 2. The van der Waals surface area contributed by atoms with Crippen molar-refractivity contribution in [3.8, 4) is 5.75 Å². The van der Waals surface area contributed by atoms with E-state index in [0.717, 1.165) is 19.6 Å². The molecule has 5 aromatic heterocycles. The number of ether oxygens (including phenoxy) is 1. The van der Waals surface area contributed by atoms with E-state index in [4.69, 9.17) is 21.2 Å². The van der Waals surface area contributed by atoms with Crippen molar-refractivity contribution in [2.45, 2.75) is 73.6 Å². The fourth-order valence-corrected chi connectivity index (χ4v) is 7.77. The highest BCUT2D eigenvalue weighted by molar-refractivity contribution is 6.03. The van der Waals surface area contributed by atoms with E-state index in [1.54, 1.807) is 52.0 Å². The van der Waals surface area contributed by atoms with Crippen molar-refractivity contribution in [3.05, 3.63) is 88.4 Å². The predicted octanol–water partition coefficient (Wildman–Crippen LogP) is 2.90. The number of rotatable bonds is 18. The molecule has 63 heavy (non-hydrogen) atoms. The first-order valence-electron chi connectivity index (χ1n) is 20.9. The minimum atomic E-state index is -0.668. The summed E-state index contributed by atoms with van der Waals surface area (Å²) in [6.07, 6.45) is 5.70. The molecular formula is C43H52N14O6. The van der Waals surface area contributed by atoms with Gasteiger partial charge in [0.05, 0.1) is 35.5 Å². The predicted molar refractivity (Wildman–Crippen MR) is 234 cm³/mol. The Kier molecular flexibility index (Phi) is 13.1. The number of hydrogen-bond acceptors (Lipinski definition) is 12. The number of aryl methyl sites for hydroxylation is 4. The Hall–Kier alpha value is -7.22. The van der Waals surface area contributed by atoms with Gasteiger partial charge in [-0.25, -0.2) is 15.0 Å². The first-order valence-corrected chi connectivity index (χ1v) is 20.9. The highest BCUT2D eigenvalue weighted by atomic mass is 16.5. The number of Topliss-reactive ketones (excluding diaryl/α,β-unsaturated/α-hetero) is 1. The van der Waals surface area contributed by atoms with E-state index in [2.05, 4.69) is 30.4 Å². The summed E-state index contributed by atoms with van der Waals surface area (Å²) in [5.74, 6) is -0.856. The van der Waals surface area contributed by atoms with Gasteiger partial charge in [0.25, 0.3) is 5.91 Å². The van der Waals surface area contributed by atoms with E-state index < -0.39 is 17.7 Å². The van der Waals surface area contributed by atoms with Crippen LogP contribution in [0.15, 0.2) is 48.7 Å². The van der Waals surface area contributed by atoms with Crippen LogP contribution in [0.25, 0.3) is 22.2 Å². The number of anilines is 1. The summed E-state index contributed by atoms with van der Waals surface area (Å²) >= 11 is 0.